The van der Waals surface area contributed by atoms with E-state index in [1.165, 1.54) is 6.07 Å². The smallest absolute Gasteiger partial charge is 0.351 e. The molecule has 2 aromatic rings. The molecule has 1 aromatic heterocycles. The van der Waals surface area contributed by atoms with Gasteiger partial charge in [-0.2, -0.15) is 13.8 Å². The minimum absolute atomic E-state index is 0.0877. The Bertz CT molecular complexity index is 1030. The molecule has 1 saturated heterocycles. The van der Waals surface area contributed by atoms with Gasteiger partial charge < -0.3 is 20.3 Å². The largest absolute Gasteiger partial charge is 0.394 e. The molecule has 1 aromatic carbocycles. The number of amides is 1. The van der Waals surface area contributed by atoms with Crippen LogP contribution >= 0.6 is 0 Å². The number of ether oxygens (including phenoxy) is 1. The molecule has 3 N–H and O–H groups in total. The summed E-state index contributed by atoms with van der Waals surface area (Å²) in [6.45, 7) is -0.828. The van der Waals surface area contributed by atoms with Crippen LogP contribution in [0.15, 0.2) is 35.3 Å². The van der Waals surface area contributed by atoms with Crippen LogP contribution in [-0.2, 0) is 17.6 Å². The van der Waals surface area contributed by atoms with Crippen molar-refractivity contribution in [2.45, 2.75) is 50.0 Å². The zero-order valence-electron chi connectivity index (χ0n) is 15.9. The highest BCUT2D eigenvalue weighted by molar-refractivity contribution is 6.05. The highest BCUT2D eigenvalue weighted by atomic mass is 19.3. The number of anilines is 1. The van der Waals surface area contributed by atoms with Gasteiger partial charge >= 0.3 is 11.6 Å². The topological polar surface area (TPSA) is 114 Å². The van der Waals surface area contributed by atoms with E-state index in [9.17, 15) is 23.5 Å². The summed E-state index contributed by atoms with van der Waals surface area (Å²) >= 11 is 0. The van der Waals surface area contributed by atoms with Gasteiger partial charge in [0.2, 0.25) is 6.23 Å². The number of carbonyl (C=O) groups excluding carboxylic acids is 1. The summed E-state index contributed by atoms with van der Waals surface area (Å²) in [6.07, 6.45) is -1.15. The normalized spacial score (nSPS) is 25.0. The van der Waals surface area contributed by atoms with E-state index in [-0.39, 0.29) is 5.82 Å². The molecule has 1 aliphatic heterocycles. The quantitative estimate of drug-likeness (QED) is 0.685. The van der Waals surface area contributed by atoms with Crippen LogP contribution in [-0.4, -0.2) is 50.4 Å². The Balaban J connectivity index is 1.56. The molecule has 10 heteroatoms. The summed E-state index contributed by atoms with van der Waals surface area (Å²) in [5.41, 5.74) is 1.50. The van der Waals surface area contributed by atoms with E-state index < -0.39 is 42.6 Å². The van der Waals surface area contributed by atoms with Gasteiger partial charge in [0.05, 0.1) is 6.61 Å². The number of rotatable bonds is 4. The molecule has 4 rings (SSSR count). The summed E-state index contributed by atoms with van der Waals surface area (Å²) in [4.78, 5) is 28.7. The number of aliphatic hydroxyl groups excluding tert-OH is 2. The first-order valence-electron chi connectivity index (χ1n) is 9.66. The Morgan fingerprint density at radius 2 is 2.07 bits per heavy atom. The molecule has 160 valence electrons. The Morgan fingerprint density at radius 3 is 2.77 bits per heavy atom. The first kappa shape index (κ1) is 20.6. The van der Waals surface area contributed by atoms with Crippen LogP contribution in [0.2, 0.25) is 0 Å². The third-order valence-electron chi connectivity index (χ3n) is 5.52. The standard InChI is InChI=1S/C20H21F2N3O5/c21-20(22)16(27)14(10-26)30-18(20)25-9-8-15(24-19(25)29)23-17(28)13-7-3-5-11-4-1-2-6-12(11)13/h3,5,7-9,14,16,18,26-27H,1-2,4,6,10H2,(H,23,24,28,29)/t14-,16-,18-/m1/s1. The van der Waals surface area contributed by atoms with E-state index in [2.05, 4.69) is 10.3 Å². The van der Waals surface area contributed by atoms with Crippen LogP contribution in [0.3, 0.4) is 0 Å². The van der Waals surface area contributed by atoms with Crippen LogP contribution in [0.25, 0.3) is 0 Å². The SMILES string of the molecule is O=C(Nc1ccn([C@@H]2O[C@H](CO)[C@@H](O)C2(F)F)c(=O)n1)c1cccc2c1CCCC2. The summed E-state index contributed by atoms with van der Waals surface area (Å²) in [6, 6.07) is 6.68. The molecule has 30 heavy (non-hydrogen) atoms. The molecule has 0 radical (unpaired) electrons. The average Bonchev–Trinajstić information content (AvgIpc) is 2.96. The number of aryl methyl sites for hydroxylation is 1. The summed E-state index contributed by atoms with van der Waals surface area (Å²) < 4.78 is 34.0. The molecule has 2 heterocycles. The zero-order chi connectivity index (χ0) is 21.5. The van der Waals surface area contributed by atoms with Crippen molar-refractivity contribution in [3.05, 3.63) is 57.6 Å². The maximum Gasteiger partial charge on any atom is 0.351 e. The van der Waals surface area contributed by atoms with Gasteiger partial charge in [0.1, 0.15) is 11.9 Å². The van der Waals surface area contributed by atoms with Crippen LogP contribution in [0.5, 0.6) is 0 Å². The monoisotopic (exact) mass is 421 g/mol. The number of carbonyl (C=O) groups is 1. The highest BCUT2D eigenvalue weighted by Gasteiger charge is 2.59. The molecular weight excluding hydrogens is 400 g/mol. The van der Waals surface area contributed by atoms with Crippen LogP contribution in [0.1, 0.15) is 40.6 Å². The Kier molecular flexibility index (Phi) is 5.39. The van der Waals surface area contributed by atoms with E-state index in [0.717, 1.165) is 43.0 Å². The maximum absolute atomic E-state index is 14.3. The van der Waals surface area contributed by atoms with E-state index in [1.807, 2.05) is 6.07 Å². The molecule has 8 nitrogen and oxygen atoms in total. The third kappa shape index (κ3) is 3.51. The molecule has 0 unspecified atom stereocenters. The van der Waals surface area contributed by atoms with Crippen molar-refractivity contribution in [2.24, 2.45) is 0 Å². The van der Waals surface area contributed by atoms with Gasteiger partial charge in [-0.05, 0) is 48.9 Å². The molecule has 3 atom stereocenters. The van der Waals surface area contributed by atoms with Crippen molar-refractivity contribution in [3.63, 3.8) is 0 Å². The Morgan fingerprint density at radius 1 is 1.30 bits per heavy atom. The van der Waals surface area contributed by atoms with Gasteiger partial charge in [-0.25, -0.2) is 4.79 Å². The van der Waals surface area contributed by atoms with Crippen molar-refractivity contribution in [1.29, 1.82) is 0 Å². The number of nitrogens with zero attached hydrogens (tertiary/aromatic N) is 2. The summed E-state index contributed by atoms with van der Waals surface area (Å²) in [5, 5.41) is 21.2. The second-order valence-corrected chi connectivity index (χ2v) is 7.44. The van der Waals surface area contributed by atoms with Crippen LogP contribution in [0, 0.1) is 0 Å². The van der Waals surface area contributed by atoms with Gasteiger partial charge in [0.25, 0.3) is 5.91 Å². The fourth-order valence-corrected chi connectivity index (χ4v) is 3.96. The molecule has 0 spiro atoms. The fourth-order valence-electron chi connectivity index (χ4n) is 3.96. The predicted molar refractivity (Wildman–Crippen MR) is 101 cm³/mol. The number of halogens is 2. The first-order chi connectivity index (χ1) is 14.3. The van der Waals surface area contributed by atoms with E-state index >= 15 is 0 Å². The fraction of sp³-hybridized carbons (Fsp3) is 0.450. The molecule has 0 bridgehead atoms. The average molecular weight is 421 g/mol. The molecule has 1 aliphatic carbocycles. The van der Waals surface area contributed by atoms with Gasteiger partial charge in [-0.3, -0.25) is 9.36 Å². The number of hydrogen-bond donors (Lipinski definition) is 3. The van der Waals surface area contributed by atoms with Crippen LogP contribution < -0.4 is 11.0 Å². The number of hydrogen-bond acceptors (Lipinski definition) is 6. The second-order valence-electron chi connectivity index (χ2n) is 7.44. The minimum Gasteiger partial charge on any atom is -0.394 e. The zero-order valence-corrected chi connectivity index (χ0v) is 15.9. The lowest BCUT2D eigenvalue weighted by Crippen LogP contribution is -2.41. The van der Waals surface area contributed by atoms with Gasteiger partial charge in [0, 0.05) is 11.8 Å². The maximum atomic E-state index is 14.3. The van der Waals surface area contributed by atoms with E-state index in [1.54, 1.807) is 12.1 Å². The summed E-state index contributed by atoms with van der Waals surface area (Å²) in [5.74, 6) is -4.32. The lowest BCUT2D eigenvalue weighted by atomic mass is 9.88. The van der Waals surface area contributed by atoms with Crippen LogP contribution in [0.4, 0.5) is 14.6 Å². The number of alkyl halides is 2. The number of benzene rings is 1. The number of nitrogens with one attached hydrogen (secondary N) is 1. The third-order valence-corrected chi connectivity index (χ3v) is 5.52. The van der Waals surface area contributed by atoms with Crippen molar-refractivity contribution in [2.75, 3.05) is 11.9 Å². The van der Waals surface area contributed by atoms with Crippen molar-refractivity contribution in [3.8, 4) is 0 Å². The molecule has 2 aliphatic rings. The molecule has 1 fully saturated rings. The van der Waals surface area contributed by atoms with Crippen molar-refractivity contribution in [1.82, 2.24) is 9.55 Å². The molecular formula is C20H21F2N3O5. The Hall–Kier alpha value is -2.69. The molecule has 1 amide bonds. The lowest BCUT2D eigenvalue weighted by molar-refractivity contribution is -0.140. The van der Waals surface area contributed by atoms with Crippen molar-refractivity contribution < 1.29 is 28.5 Å². The van der Waals surface area contributed by atoms with Gasteiger partial charge in [-0.15, -0.1) is 0 Å². The second kappa shape index (κ2) is 7.86. The van der Waals surface area contributed by atoms with Gasteiger partial charge in [0.15, 0.2) is 6.10 Å². The first-order valence-corrected chi connectivity index (χ1v) is 9.66. The number of aromatic nitrogens is 2. The molecule has 0 saturated carbocycles. The van der Waals surface area contributed by atoms with E-state index in [0.29, 0.717) is 10.1 Å². The van der Waals surface area contributed by atoms with Gasteiger partial charge in [-0.1, -0.05) is 12.1 Å². The highest BCUT2D eigenvalue weighted by Crippen LogP contribution is 2.42. The Labute approximate surface area is 170 Å². The van der Waals surface area contributed by atoms with Crippen molar-refractivity contribution >= 4 is 11.7 Å². The lowest BCUT2D eigenvalue weighted by Gasteiger charge is -2.21. The van der Waals surface area contributed by atoms with E-state index in [4.69, 9.17) is 9.84 Å². The summed E-state index contributed by atoms with van der Waals surface area (Å²) in [7, 11) is 0. The number of fused-ring (bicyclic) bond motifs is 1. The minimum atomic E-state index is -3.80. The predicted octanol–water partition coefficient (Wildman–Crippen LogP) is 1.26. The number of aliphatic hydroxyl groups is 2.